The van der Waals surface area contributed by atoms with Crippen molar-refractivity contribution in [3.8, 4) is 6.07 Å². The van der Waals surface area contributed by atoms with Crippen molar-refractivity contribution < 1.29 is 23.9 Å². The van der Waals surface area contributed by atoms with Crippen molar-refractivity contribution >= 4 is 50.5 Å². The molecular weight excluding hydrogens is 438 g/mol. The third-order valence-electron chi connectivity index (χ3n) is 4.84. The standard InChI is InChI=1S/C21H23N3O5S2/c1-4-28-21(27)16-13(12(8-22)17(23)31-16)9-29-20(26)15-11-6-5-7-14(11)30-19(15)24-18(25)10(2)3/h10H,4-7,9,23H2,1-3H3,(H,24,25). The Bertz CT molecular complexity index is 1080. The minimum Gasteiger partial charge on any atom is -0.462 e. The predicted molar refractivity (Wildman–Crippen MR) is 118 cm³/mol. The molecule has 10 heteroatoms. The highest BCUT2D eigenvalue weighted by Crippen LogP contribution is 2.40. The lowest BCUT2D eigenvalue weighted by molar-refractivity contribution is -0.118. The fourth-order valence-corrected chi connectivity index (χ4v) is 5.48. The van der Waals surface area contributed by atoms with Crippen molar-refractivity contribution in [1.29, 1.82) is 5.26 Å². The lowest BCUT2D eigenvalue weighted by Gasteiger charge is -2.11. The highest BCUT2D eigenvalue weighted by Gasteiger charge is 2.30. The summed E-state index contributed by atoms with van der Waals surface area (Å²) in [6.07, 6.45) is 2.52. The van der Waals surface area contributed by atoms with Gasteiger partial charge in [0.05, 0.1) is 17.7 Å². The number of nitrogens with two attached hydrogens (primary N) is 1. The molecule has 8 nitrogen and oxygen atoms in total. The number of hydrogen-bond acceptors (Lipinski definition) is 9. The van der Waals surface area contributed by atoms with Crippen molar-refractivity contribution in [2.75, 3.05) is 17.7 Å². The van der Waals surface area contributed by atoms with E-state index in [1.54, 1.807) is 20.8 Å². The second-order valence-electron chi connectivity index (χ2n) is 7.26. The Labute approximate surface area is 188 Å². The number of hydrogen-bond donors (Lipinski definition) is 2. The number of nitriles is 1. The van der Waals surface area contributed by atoms with Crippen LogP contribution in [0.25, 0.3) is 0 Å². The number of amides is 1. The molecule has 0 atom stereocenters. The Morgan fingerprint density at radius 1 is 1.19 bits per heavy atom. The number of ether oxygens (including phenoxy) is 2. The van der Waals surface area contributed by atoms with Crippen LogP contribution in [0.4, 0.5) is 10.0 Å². The minimum atomic E-state index is -0.618. The van der Waals surface area contributed by atoms with Crippen LogP contribution in [0.15, 0.2) is 0 Å². The van der Waals surface area contributed by atoms with Crippen molar-refractivity contribution in [2.24, 2.45) is 5.92 Å². The number of nitrogens with zero attached hydrogens (tertiary/aromatic N) is 1. The first-order valence-corrected chi connectivity index (χ1v) is 11.5. The molecule has 0 aromatic carbocycles. The first-order chi connectivity index (χ1) is 14.8. The van der Waals surface area contributed by atoms with E-state index in [1.807, 2.05) is 6.07 Å². The van der Waals surface area contributed by atoms with Gasteiger partial charge in [0.1, 0.15) is 27.6 Å². The number of fused-ring (bicyclic) bond motifs is 1. The molecule has 2 aromatic rings. The monoisotopic (exact) mass is 461 g/mol. The molecular formula is C21H23N3O5S2. The summed E-state index contributed by atoms with van der Waals surface area (Å²) < 4.78 is 10.5. The van der Waals surface area contributed by atoms with E-state index in [0.717, 1.165) is 41.0 Å². The van der Waals surface area contributed by atoms with E-state index < -0.39 is 11.9 Å². The Hall–Kier alpha value is -2.90. The molecule has 1 aliphatic carbocycles. The largest absolute Gasteiger partial charge is 0.462 e. The van der Waals surface area contributed by atoms with Gasteiger partial charge in [0.15, 0.2) is 0 Å². The molecule has 0 radical (unpaired) electrons. The first-order valence-electron chi connectivity index (χ1n) is 9.89. The molecule has 164 valence electrons. The number of carbonyl (C=O) groups excluding carboxylic acids is 3. The predicted octanol–water partition coefficient (Wildman–Crippen LogP) is 3.88. The number of thiophene rings is 2. The van der Waals surface area contributed by atoms with Crippen LogP contribution in [0.1, 0.15) is 68.8 Å². The average molecular weight is 462 g/mol. The Morgan fingerprint density at radius 2 is 1.94 bits per heavy atom. The maximum Gasteiger partial charge on any atom is 0.348 e. The van der Waals surface area contributed by atoms with E-state index in [2.05, 4.69) is 5.32 Å². The Kier molecular flexibility index (Phi) is 6.97. The second kappa shape index (κ2) is 9.49. The van der Waals surface area contributed by atoms with Crippen LogP contribution in [-0.2, 0) is 33.7 Å². The summed E-state index contributed by atoms with van der Waals surface area (Å²) >= 11 is 2.33. The lowest BCUT2D eigenvalue weighted by atomic mass is 10.1. The molecule has 31 heavy (non-hydrogen) atoms. The fourth-order valence-electron chi connectivity index (χ4n) is 3.28. The topological polar surface area (TPSA) is 132 Å². The van der Waals surface area contributed by atoms with E-state index in [4.69, 9.17) is 15.2 Å². The zero-order valence-corrected chi connectivity index (χ0v) is 19.1. The van der Waals surface area contributed by atoms with Crippen LogP contribution in [0.2, 0.25) is 0 Å². The molecule has 0 bridgehead atoms. The van der Waals surface area contributed by atoms with Crippen LogP contribution in [-0.4, -0.2) is 24.5 Å². The zero-order chi connectivity index (χ0) is 22.7. The average Bonchev–Trinajstić information content (AvgIpc) is 3.38. The van der Waals surface area contributed by atoms with Crippen LogP contribution in [0, 0.1) is 17.2 Å². The normalized spacial score (nSPS) is 12.4. The van der Waals surface area contributed by atoms with E-state index in [-0.39, 0.29) is 46.0 Å². The summed E-state index contributed by atoms with van der Waals surface area (Å²) in [6.45, 7) is 5.08. The van der Waals surface area contributed by atoms with Gasteiger partial charge >= 0.3 is 11.9 Å². The molecule has 0 saturated carbocycles. The van der Waals surface area contributed by atoms with Crippen LogP contribution < -0.4 is 11.1 Å². The van der Waals surface area contributed by atoms with Crippen molar-refractivity contribution in [1.82, 2.24) is 0 Å². The summed E-state index contributed by atoms with van der Waals surface area (Å²) in [4.78, 5) is 38.7. The lowest BCUT2D eigenvalue weighted by Crippen LogP contribution is -2.19. The molecule has 1 amide bonds. The second-order valence-corrected chi connectivity index (χ2v) is 9.42. The first kappa shape index (κ1) is 22.8. The van der Waals surface area contributed by atoms with Crippen LogP contribution in [0.5, 0.6) is 0 Å². The number of esters is 2. The molecule has 1 aliphatic rings. The third kappa shape index (κ3) is 4.57. The summed E-state index contributed by atoms with van der Waals surface area (Å²) in [5, 5.41) is 12.9. The molecule has 2 aromatic heterocycles. The van der Waals surface area contributed by atoms with E-state index in [0.29, 0.717) is 10.6 Å². The molecule has 0 saturated heterocycles. The molecule has 2 heterocycles. The van der Waals surface area contributed by atoms with Gasteiger partial charge in [-0.05, 0) is 31.7 Å². The highest BCUT2D eigenvalue weighted by molar-refractivity contribution is 7.18. The van der Waals surface area contributed by atoms with Gasteiger partial charge in [-0.25, -0.2) is 9.59 Å². The zero-order valence-electron chi connectivity index (χ0n) is 17.5. The number of nitrogen functional groups attached to an aromatic ring is 1. The van der Waals surface area contributed by atoms with Gasteiger partial charge in [-0.2, -0.15) is 5.26 Å². The number of anilines is 2. The van der Waals surface area contributed by atoms with E-state index in [9.17, 15) is 19.6 Å². The summed E-state index contributed by atoms with van der Waals surface area (Å²) in [5.41, 5.74) is 7.45. The van der Waals surface area contributed by atoms with Crippen molar-refractivity contribution in [2.45, 2.75) is 46.6 Å². The molecule has 3 N–H and O–H groups in total. The van der Waals surface area contributed by atoms with Gasteiger partial charge in [-0.1, -0.05) is 13.8 Å². The van der Waals surface area contributed by atoms with Gasteiger partial charge in [-0.15, -0.1) is 22.7 Å². The number of nitrogens with one attached hydrogen (secondary N) is 1. The number of rotatable bonds is 7. The molecule has 0 aliphatic heterocycles. The molecule has 3 rings (SSSR count). The summed E-state index contributed by atoms with van der Waals surface area (Å²) in [7, 11) is 0. The molecule has 0 unspecified atom stereocenters. The van der Waals surface area contributed by atoms with Crippen molar-refractivity contribution in [3.05, 3.63) is 32.0 Å². The maximum atomic E-state index is 13.0. The fraction of sp³-hybridized carbons (Fsp3) is 0.429. The molecule has 0 fully saturated rings. The van der Waals surface area contributed by atoms with Gasteiger partial charge in [0.2, 0.25) is 5.91 Å². The van der Waals surface area contributed by atoms with E-state index in [1.165, 1.54) is 11.3 Å². The summed E-state index contributed by atoms with van der Waals surface area (Å²) in [6, 6.07) is 1.96. The third-order valence-corrected chi connectivity index (χ3v) is 7.09. The minimum absolute atomic E-state index is 0.102. The number of carbonyl (C=O) groups is 3. The quantitative estimate of drug-likeness (QED) is 0.598. The van der Waals surface area contributed by atoms with Gasteiger partial charge in [0.25, 0.3) is 0 Å². The maximum absolute atomic E-state index is 13.0. The highest BCUT2D eigenvalue weighted by atomic mass is 32.1. The van der Waals surface area contributed by atoms with Crippen molar-refractivity contribution in [3.63, 3.8) is 0 Å². The Balaban J connectivity index is 1.88. The van der Waals surface area contributed by atoms with Crippen LogP contribution in [0.3, 0.4) is 0 Å². The SMILES string of the molecule is CCOC(=O)c1sc(N)c(C#N)c1COC(=O)c1c(NC(=O)C(C)C)sc2c1CCC2. The van der Waals surface area contributed by atoms with Crippen LogP contribution >= 0.6 is 22.7 Å². The van der Waals surface area contributed by atoms with Gasteiger partial charge < -0.3 is 20.5 Å². The van der Waals surface area contributed by atoms with E-state index >= 15 is 0 Å². The van der Waals surface area contributed by atoms with Gasteiger partial charge in [-0.3, -0.25) is 4.79 Å². The molecule has 0 spiro atoms. The Morgan fingerprint density at radius 3 is 2.58 bits per heavy atom. The van der Waals surface area contributed by atoms with Gasteiger partial charge in [0, 0.05) is 16.4 Å². The summed E-state index contributed by atoms with van der Waals surface area (Å²) in [5.74, 6) is -1.65. The smallest absolute Gasteiger partial charge is 0.348 e. The number of aryl methyl sites for hydroxylation is 1.